The quantitative estimate of drug-likeness (QED) is 0.612. The Balaban J connectivity index is 2.61. The van der Waals surface area contributed by atoms with Gasteiger partial charge in [-0.25, -0.2) is 4.79 Å². The van der Waals surface area contributed by atoms with Crippen LogP contribution in [-0.2, 0) is 0 Å². The lowest BCUT2D eigenvalue weighted by atomic mass is 10.3. The average molecular weight is 219 g/mol. The van der Waals surface area contributed by atoms with Crippen molar-refractivity contribution in [2.75, 3.05) is 0 Å². The Morgan fingerprint density at radius 3 is 2.75 bits per heavy atom. The van der Waals surface area contributed by atoms with E-state index in [1.807, 2.05) is 0 Å². The molecule has 0 aliphatic carbocycles. The summed E-state index contributed by atoms with van der Waals surface area (Å²) in [6.45, 7) is 1.75. The topological polar surface area (TPSA) is 80.9 Å². The van der Waals surface area contributed by atoms with Gasteiger partial charge in [0.15, 0.2) is 0 Å². The first-order valence-corrected chi connectivity index (χ1v) is 4.61. The molecule has 0 aliphatic rings. The summed E-state index contributed by atoms with van der Waals surface area (Å²) in [7, 11) is 0. The monoisotopic (exact) mass is 219 g/mol. The highest BCUT2D eigenvalue weighted by atomic mass is 16.6. The van der Waals surface area contributed by atoms with Gasteiger partial charge < -0.3 is 4.98 Å². The molecule has 82 valence electrons. The van der Waals surface area contributed by atoms with Gasteiger partial charge in [0.1, 0.15) is 0 Å². The van der Waals surface area contributed by atoms with Crippen LogP contribution in [0.15, 0.2) is 35.3 Å². The molecule has 1 aromatic heterocycles. The Kier molecular flexibility index (Phi) is 2.32. The van der Waals surface area contributed by atoms with Crippen molar-refractivity contribution in [3.8, 4) is 5.69 Å². The summed E-state index contributed by atoms with van der Waals surface area (Å²) < 4.78 is 1.38. The van der Waals surface area contributed by atoms with Gasteiger partial charge in [0.25, 0.3) is 5.69 Å². The van der Waals surface area contributed by atoms with Gasteiger partial charge in [0, 0.05) is 24.0 Å². The number of benzene rings is 1. The van der Waals surface area contributed by atoms with E-state index in [0.29, 0.717) is 11.4 Å². The maximum Gasteiger partial charge on any atom is 0.330 e. The average Bonchev–Trinajstić information content (AvgIpc) is 2.59. The Bertz CT molecular complexity index is 597. The Labute approximate surface area is 90.3 Å². The van der Waals surface area contributed by atoms with Gasteiger partial charge in [-0.1, -0.05) is 6.07 Å². The fourth-order valence-corrected chi connectivity index (χ4v) is 1.52. The molecule has 6 nitrogen and oxygen atoms in total. The molecule has 1 aromatic carbocycles. The number of nitro groups is 1. The zero-order valence-electron chi connectivity index (χ0n) is 8.51. The third-order valence-electron chi connectivity index (χ3n) is 2.26. The minimum absolute atomic E-state index is 0.0370. The molecule has 0 bridgehead atoms. The van der Waals surface area contributed by atoms with Crippen LogP contribution in [0.25, 0.3) is 5.69 Å². The van der Waals surface area contributed by atoms with Crippen LogP contribution in [0.4, 0.5) is 5.69 Å². The molecule has 1 N–H and O–H groups in total. The molecular weight excluding hydrogens is 210 g/mol. The summed E-state index contributed by atoms with van der Waals surface area (Å²) >= 11 is 0. The van der Waals surface area contributed by atoms with Gasteiger partial charge in [-0.05, 0) is 13.0 Å². The molecule has 0 saturated carbocycles. The number of non-ortho nitro benzene ring substituents is 1. The Hall–Kier alpha value is -2.37. The number of imidazole rings is 1. The van der Waals surface area contributed by atoms with E-state index in [0.717, 1.165) is 0 Å². The highest BCUT2D eigenvalue weighted by molar-refractivity contribution is 5.43. The third kappa shape index (κ3) is 1.60. The number of nitrogens with one attached hydrogen (secondary N) is 1. The van der Waals surface area contributed by atoms with E-state index in [9.17, 15) is 14.9 Å². The van der Waals surface area contributed by atoms with Crippen LogP contribution in [0.1, 0.15) is 5.69 Å². The van der Waals surface area contributed by atoms with E-state index in [1.165, 1.54) is 16.7 Å². The number of rotatable bonds is 2. The predicted octanol–water partition coefficient (Wildman–Crippen LogP) is 1.38. The van der Waals surface area contributed by atoms with Crippen molar-refractivity contribution >= 4 is 5.69 Å². The van der Waals surface area contributed by atoms with Crippen LogP contribution >= 0.6 is 0 Å². The summed E-state index contributed by atoms with van der Waals surface area (Å²) in [5.41, 5.74) is 0.839. The van der Waals surface area contributed by atoms with Crippen LogP contribution in [0.5, 0.6) is 0 Å². The standard InChI is InChI=1S/C10H9N3O3/c1-7-6-11-10(14)12(7)8-3-2-4-9(5-8)13(15)16/h2-6H,1H3,(H,11,14). The molecule has 1 heterocycles. The molecule has 2 rings (SSSR count). The van der Waals surface area contributed by atoms with E-state index in [2.05, 4.69) is 4.98 Å². The number of aromatic nitrogens is 2. The second-order valence-corrected chi connectivity index (χ2v) is 3.35. The predicted molar refractivity (Wildman–Crippen MR) is 57.8 cm³/mol. The van der Waals surface area contributed by atoms with E-state index in [4.69, 9.17) is 0 Å². The van der Waals surface area contributed by atoms with Gasteiger partial charge >= 0.3 is 5.69 Å². The molecule has 0 saturated heterocycles. The lowest BCUT2D eigenvalue weighted by Gasteiger charge is -2.02. The second-order valence-electron chi connectivity index (χ2n) is 3.35. The lowest BCUT2D eigenvalue weighted by molar-refractivity contribution is -0.384. The maximum atomic E-state index is 11.5. The second kappa shape index (κ2) is 3.65. The summed E-state index contributed by atoms with van der Waals surface area (Å²) in [4.78, 5) is 24.1. The molecule has 0 amide bonds. The van der Waals surface area contributed by atoms with Gasteiger partial charge in [-0.2, -0.15) is 0 Å². The molecular formula is C10H9N3O3. The molecule has 0 aliphatic heterocycles. The molecule has 0 radical (unpaired) electrons. The Morgan fingerprint density at radius 2 is 2.19 bits per heavy atom. The first-order valence-electron chi connectivity index (χ1n) is 4.61. The van der Waals surface area contributed by atoms with Crippen molar-refractivity contribution in [1.82, 2.24) is 9.55 Å². The number of nitrogens with zero attached hydrogens (tertiary/aromatic N) is 2. The molecule has 0 fully saturated rings. The van der Waals surface area contributed by atoms with Gasteiger partial charge in [-0.3, -0.25) is 14.7 Å². The summed E-state index contributed by atoms with van der Waals surface area (Å²) in [5, 5.41) is 10.6. The summed E-state index contributed by atoms with van der Waals surface area (Å²) in [6, 6.07) is 5.94. The van der Waals surface area contributed by atoms with E-state index >= 15 is 0 Å². The minimum atomic E-state index is -0.490. The van der Waals surface area contributed by atoms with Crippen LogP contribution in [0, 0.1) is 17.0 Å². The Morgan fingerprint density at radius 1 is 1.44 bits per heavy atom. The van der Waals surface area contributed by atoms with Crippen LogP contribution < -0.4 is 5.69 Å². The number of aromatic amines is 1. The fraction of sp³-hybridized carbons (Fsp3) is 0.100. The number of nitro benzene ring substituents is 1. The van der Waals surface area contributed by atoms with Gasteiger partial charge in [-0.15, -0.1) is 0 Å². The maximum absolute atomic E-state index is 11.5. The van der Waals surface area contributed by atoms with Crippen LogP contribution in [0.2, 0.25) is 0 Å². The van der Waals surface area contributed by atoms with Crippen molar-refractivity contribution in [1.29, 1.82) is 0 Å². The number of hydrogen-bond donors (Lipinski definition) is 1. The largest absolute Gasteiger partial charge is 0.330 e. The van der Waals surface area contributed by atoms with Gasteiger partial charge in [0.05, 0.1) is 10.6 Å². The first kappa shape index (κ1) is 10.2. The van der Waals surface area contributed by atoms with Crippen molar-refractivity contribution in [3.63, 3.8) is 0 Å². The summed E-state index contributed by atoms with van der Waals surface area (Å²) in [5.74, 6) is 0. The van der Waals surface area contributed by atoms with E-state index in [1.54, 1.807) is 25.3 Å². The molecule has 0 unspecified atom stereocenters. The van der Waals surface area contributed by atoms with E-state index < -0.39 is 4.92 Å². The number of aryl methyl sites for hydroxylation is 1. The minimum Gasteiger partial charge on any atom is -0.312 e. The highest BCUT2D eigenvalue weighted by Gasteiger charge is 2.09. The molecule has 2 aromatic rings. The highest BCUT2D eigenvalue weighted by Crippen LogP contribution is 2.16. The SMILES string of the molecule is Cc1c[nH]c(=O)n1-c1cccc([N+](=O)[O-])c1. The fourth-order valence-electron chi connectivity index (χ4n) is 1.52. The van der Waals surface area contributed by atoms with Gasteiger partial charge in [0.2, 0.25) is 0 Å². The molecule has 0 atom stereocenters. The lowest BCUT2D eigenvalue weighted by Crippen LogP contribution is -2.15. The molecule has 16 heavy (non-hydrogen) atoms. The van der Waals surface area contributed by atoms with Crippen LogP contribution in [-0.4, -0.2) is 14.5 Å². The smallest absolute Gasteiger partial charge is 0.312 e. The zero-order chi connectivity index (χ0) is 11.7. The first-order chi connectivity index (χ1) is 7.59. The summed E-state index contributed by atoms with van der Waals surface area (Å²) in [6.07, 6.45) is 1.56. The zero-order valence-corrected chi connectivity index (χ0v) is 8.51. The number of H-pyrrole nitrogens is 1. The molecule has 6 heteroatoms. The van der Waals surface area contributed by atoms with Crippen molar-refractivity contribution in [3.05, 3.63) is 56.8 Å². The normalized spacial score (nSPS) is 10.3. The van der Waals surface area contributed by atoms with Crippen LogP contribution in [0.3, 0.4) is 0 Å². The van der Waals surface area contributed by atoms with Crippen molar-refractivity contribution in [2.24, 2.45) is 0 Å². The van der Waals surface area contributed by atoms with Crippen molar-refractivity contribution in [2.45, 2.75) is 6.92 Å². The van der Waals surface area contributed by atoms with E-state index in [-0.39, 0.29) is 11.4 Å². The molecule has 0 spiro atoms. The number of hydrogen-bond acceptors (Lipinski definition) is 3. The van der Waals surface area contributed by atoms with Crippen molar-refractivity contribution < 1.29 is 4.92 Å². The third-order valence-corrected chi connectivity index (χ3v) is 2.26.